The smallest absolute Gasteiger partial charge is 0.387 e. The Bertz CT molecular complexity index is 840. The maximum Gasteiger partial charge on any atom is 0.387 e. The first-order valence-corrected chi connectivity index (χ1v) is 10.4. The molecule has 0 bridgehead atoms. The second-order valence-corrected chi connectivity index (χ2v) is 7.37. The van der Waals surface area contributed by atoms with Gasteiger partial charge in [-0.3, -0.25) is 9.89 Å². The Hall–Kier alpha value is -2.71. The van der Waals surface area contributed by atoms with E-state index in [-0.39, 0.29) is 11.8 Å². The van der Waals surface area contributed by atoms with Gasteiger partial charge in [-0.1, -0.05) is 48.0 Å². The molecule has 2 N–H and O–H groups in total. The Kier molecular flexibility index (Phi) is 8.61. The van der Waals surface area contributed by atoms with Gasteiger partial charge in [-0.25, -0.2) is 0 Å². The molecule has 1 heterocycles. The molecule has 168 valence electrons. The molecule has 0 spiro atoms. The topological polar surface area (TPSA) is 58.1 Å². The number of ether oxygens (including phenoxy) is 2. The van der Waals surface area contributed by atoms with Crippen LogP contribution in [0.25, 0.3) is 0 Å². The van der Waals surface area contributed by atoms with Crippen molar-refractivity contribution < 1.29 is 18.3 Å². The fraction of sp³-hybridized carbons (Fsp3) is 0.435. The van der Waals surface area contributed by atoms with E-state index in [0.717, 1.165) is 26.3 Å². The van der Waals surface area contributed by atoms with Crippen LogP contribution in [0.15, 0.2) is 53.5 Å². The number of aliphatic imine (C=N–C) groups is 1. The summed E-state index contributed by atoms with van der Waals surface area (Å²) in [4.78, 5) is 6.68. The fourth-order valence-electron chi connectivity index (χ4n) is 3.59. The standard InChI is InChI=1S/C23H30F2N4O2/c1-17-7-9-18(10-8-17)20(29-11-13-30-14-12-29)16-28-23(26-2)27-15-19-5-3-4-6-21(19)31-22(24)25/h3-10,20,22H,11-16H2,1-2H3,(H2,26,27,28). The van der Waals surface area contributed by atoms with Crippen LogP contribution in [0.3, 0.4) is 0 Å². The molecule has 31 heavy (non-hydrogen) atoms. The molecule has 0 radical (unpaired) electrons. The largest absolute Gasteiger partial charge is 0.434 e. The van der Waals surface area contributed by atoms with Gasteiger partial charge >= 0.3 is 6.61 Å². The maximum atomic E-state index is 12.6. The number of nitrogens with one attached hydrogen (secondary N) is 2. The summed E-state index contributed by atoms with van der Waals surface area (Å²) in [5.41, 5.74) is 3.08. The van der Waals surface area contributed by atoms with Gasteiger partial charge in [0.1, 0.15) is 5.75 Å². The van der Waals surface area contributed by atoms with Gasteiger partial charge in [-0.2, -0.15) is 8.78 Å². The lowest BCUT2D eigenvalue weighted by Gasteiger charge is -2.35. The molecule has 1 saturated heterocycles. The van der Waals surface area contributed by atoms with Crippen LogP contribution in [0.5, 0.6) is 5.75 Å². The molecule has 0 amide bonds. The molecule has 2 aromatic carbocycles. The quantitative estimate of drug-likeness (QED) is 0.495. The van der Waals surface area contributed by atoms with Crippen molar-refractivity contribution in [1.29, 1.82) is 0 Å². The van der Waals surface area contributed by atoms with E-state index in [9.17, 15) is 8.78 Å². The molecule has 1 atom stereocenters. The van der Waals surface area contributed by atoms with Gasteiger partial charge < -0.3 is 20.1 Å². The highest BCUT2D eigenvalue weighted by molar-refractivity contribution is 5.79. The zero-order valence-electron chi connectivity index (χ0n) is 18.0. The summed E-state index contributed by atoms with van der Waals surface area (Å²) in [5, 5.41) is 6.57. The Balaban J connectivity index is 1.64. The molecule has 1 aliphatic heterocycles. The SMILES string of the molecule is CN=C(NCc1ccccc1OC(F)F)NCC(c1ccc(C)cc1)N1CCOCC1. The minimum absolute atomic E-state index is 0.159. The van der Waals surface area contributed by atoms with Crippen LogP contribution in [0.2, 0.25) is 0 Å². The monoisotopic (exact) mass is 432 g/mol. The first kappa shape index (κ1) is 23.0. The number of alkyl halides is 2. The lowest BCUT2D eigenvalue weighted by atomic mass is 10.0. The Labute approximate surface area is 182 Å². The van der Waals surface area contributed by atoms with E-state index in [2.05, 4.69) is 56.5 Å². The molecule has 6 nitrogen and oxygen atoms in total. The van der Waals surface area contributed by atoms with Crippen molar-refractivity contribution in [2.24, 2.45) is 4.99 Å². The van der Waals surface area contributed by atoms with E-state index in [1.807, 2.05) is 0 Å². The number of benzene rings is 2. The summed E-state index contributed by atoms with van der Waals surface area (Å²) < 4.78 is 35.4. The van der Waals surface area contributed by atoms with Crippen molar-refractivity contribution in [3.05, 3.63) is 65.2 Å². The van der Waals surface area contributed by atoms with E-state index in [1.165, 1.54) is 17.2 Å². The highest BCUT2D eigenvalue weighted by Gasteiger charge is 2.23. The van der Waals surface area contributed by atoms with Gasteiger partial charge in [0.05, 0.1) is 19.3 Å². The van der Waals surface area contributed by atoms with Crippen molar-refractivity contribution in [2.75, 3.05) is 39.9 Å². The number of morpholine rings is 1. The van der Waals surface area contributed by atoms with Crippen LogP contribution >= 0.6 is 0 Å². The van der Waals surface area contributed by atoms with E-state index in [1.54, 1.807) is 25.2 Å². The van der Waals surface area contributed by atoms with Crippen LogP contribution in [0.1, 0.15) is 22.7 Å². The molecular formula is C23H30F2N4O2. The number of hydrogen-bond donors (Lipinski definition) is 2. The van der Waals surface area contributed by atoms with Gasteiger partial charge in [0.25, 0.3) is 0 Å². The minimum Gasteiger partial charge on any atom is -0.434 e. The van der Waals surface area contributed by atoms with Crippen molar-refractivity contribution in [2.45, 2.75) is 26.1 Å². The lowest BCUT2D eigenvalue weighted by Crippen LogP contribution is -2.46. The summed E-state index contributed by atoms with van der Waals surface area (Å²) >= 11 is 0. The highest BCUT2D eigenvalue weighted by atomic mass is 19.3. The first-order valence-electron chi connectivity index (χ1n) is 10.4. The normalized spacial score (nSPS) is 16.2. The van der Waals surface area contributed by atoms with E-state index < -0.39 is 6.61 Å². The van der Waals surface area contributed by atoms with Crippen LogP contribution < -0.4 is 15.4 Å². The predicted molar refractivity (Wildman–Crippen MR) is 118 cm³/mol. The van der Waals surface area contributed by atoms with Gasteiger partial charge in [0.2, 0.25) is 0 Å². The average Bonchev–Trinajstić information content (AvgIpc) is 2.78. The molecule has 1 unspecified atom stereocenters. The van der Waals surface area contributed by atoms with E-state index in [4.69, 9.17) is 4.74 Å². The number of aryl methyl sites for hydroxylation is 1. The Morgan fingerprint density at radius 1 is 1.10 bits per heavy atom. The maximum absolute atomic E-state index is 12.6. The van der Waals surface area contributed by atoms with Gasteiger partial charge in [0.15, 0.2) is 5.96 Å². The molecule has 0 aliphatic carbocycles. The third-order valence-corrected chi connectivity index (χ3v) is 5.27. The van der Waals surface area contributed by atoms with E-state index >= 15 is 0 Å². The van der Waals surface area contributed by atoms with Crippen LogP contribution in [0.4, 0.5) is 8.78 Å². The highest BCUT2D eigenvalue weighted by Crippen LogP contribution is 2.22. The van der Waals surface area contributed by atoms with Crippen molar-refractivity contribution in [3.8, 4) is 5.75 Å². The summed E-state index contributed by atoms with van der Waals surface area (Å²) in [6, 6.07) is 15.5. The van der Waals surface area contributed by atoms with Gasteiger partial charge in [0, 0.05) is 38.8 Å². The molecular weight excluding hydrogens is 402 g/mol. The van der Waals surface area contributed by atoms with Crippen molar-refractivity contribution >= 4 is 5.96 Å². The van der Waals surface area contributed by atoms with Crippen molar-refractivity contribution in [3.63, 3.8) is 0 Å². The van der Waals surface area contributed by atoms with Gasteiger partial charge in [-0.15, -0.1) is 0 Å². The predicted octanol–water partition coefficient (Wildman–Crippen LogP) is 3.33. The van der Waals surface area contributed by atoms with Crippen LogP contribution in [0, 0.1) is 6.92 Å². The molecule has 2 aromatic rings. The summed E-state index contributed by atoms with van der Waals surface area (Å²) in [6.07, 6.45) is 0. The van der Waals surface area contributed by atoms with Crippen molar-refractivity contribution in [1.82, 2.24) is 15.5 Å². The number of halogens is 2. The van der Waals surface area contributed by atoms with E-state index in [0.29, 0.717) is 24.6 Å². The van der Waals surface area contributed by atoms with Crippen LogP contribution in [-0.4, -0.2) is 57.4 Å². The molecule has 8 heteroatoms. The summed E-state index contributed by atoms with van der Waals surface area (Å²) in [7, 11) is 1.69. The van der Waals surface area contributed by atoms with Crippen LogP contribution in [-0.2, 0) is 11.3 Å². The molecule has 0 aromatic heterocycles. The number of guanidine groups is 1. The second kappa shape index (κ2) is 11.6. The van der Waals surface area contributed by atoms with Gasteiger partial charge in [-0.05, 0) is 18.6 Å². The second-order valence-electron chi connectivity index (χ2n) is 7.37. The summed E-state index contributed by atoms with van der Waals surface area (Å²) in [6.45, 7) is 3.35. The Morgan fingerprint density at radius 3 is 2.48 bits per heavy atom. The zero-order chi connectivity index (χ0) is 22.1. The average molecular weight is 433 g/mol. The number of hydrogen-bond acceptors (Lipinski definition) is 4. The summed E-state index contributed by atoms with van der Waals surface area (Å²) in [5.74, 6) is 0.753. The molecule has 1 fully saturated rings. The third kappa shape index (κ3) is 6.90. The Morgan fingerprint density at radius 2 is 1.81 bits per heavy atom. The zero-order valence-corrected chi connectivity index (χ0v) is 18.0. The number of nitrogens with zero attached hydrogens (tertiary/aromatic N) is 2. The molecule has 1 aliphatic rings. The third-order valence-electron chi connectivity index (χ3n) is 5.27. The first-order chi connectivity index (χ1) is 15.1. The number of para-hydroxylation sites is 1. The minimum atomic E-state index is -2.86. The number of rotatable bonds is 8. The lowest BCUT2D eigenvalue weighted by molar-refractivity contribution is -0.0504. The molecule has 3 rings (SSSR count). The fourth-order valence-corrected chi connectivity index (χ4v) is 3.59. The molecule has 0 saturated carbocycles.